The Morgan fingerprint density at radius 2 is 2.28 bits per heavy atom. The Morgan fingerprint density at radius 1 is 1.44 bits per heavy atom. The maximum atomic E-state index is 12.0. The normalized spacial score (nSPS) is 24.1. The quantitative estimate of drug-likeness (QED) is 0.820. The predicted octanol–water partition coefficient (Wildman–Crippen LogP) is 0.630. The number of pyridine rings is 1. The van der Waals surface area contributed by atoms with Crippen LogP contribution < -0.4 is 11.1 Å². The summed E-state index contributed by atoms with van der Waals surface area (Å²) in [7, 11) is 0. The number of hydrogen-bond donors (Lipinski definition) is 2. The number of carbonyl (C=O) groups is 1. The number of rotatable bonds is 3. The van der Waals surface area contributed by atoms with E-state index in [1.807, 2.05) is 0 Å². The van der Waals surface area contributed by atoms with Gasteiger partial charge in [-0.05, 0) is 31.4 Å². The van der Waals surface area contributed by atoms with Gasteiger partial charge in [-0.3, -0.25) is 9.69 Å². The molecule has 1 saturated carbocycles. The summed E-state index contributed by atoms with van der Waals surface area (Å²) in [4.78, 5) is 18.4. The number of likely N-dealkylation sites (tertiary alicyclic amines) is 1. The third-order valence-corrected chi connectivity index (χ3v) is 3.66. The molecule has 3 rings (SSSR count). The molecule has 3 N–H and O–H groups in total. The first kappa shape index (κ1) is 11.5. The Bertz CT molecular complexity index is 458. The van der Waals surface area contributed by atoms with Crippen molar-refractivity contribution >= 4 is 11.7 Å². The largest absolute Gasteiger partial charge is 0.384 e. The molecule has 1 aliphatic carbocycles. The third kappa shape index (κ3) is 2.46. The lowest BCUT2D eigenvalue weighted by atomic mass is 10.2. The summed E-state index contributed by atoms with van der Waals surface area (Å²) >= 11 is 0. The number of anilines is 1. The molecular weight excluding hydrogens is 228 g/mol. The summed E-state index contributed by atoms with van der Waals surface area (Å²) in [5, 5.41) is 3.07. The topological polar surface area (TPSA) is 71.2 Å². The average Bonchev–Trinajstić information content (AvgIpc) is 3.11. The first-order valence-corrected chi connectivity index (χ1v) is 6.49. The molecular formula is C13H18N4O. The Balaban J connectivity index is 1.58. The standard InChI is InChI=1S/C13H18N4O/c14-12-7-9(3-5-15-12)13(18)16-10-4-6-17(8-10)11-1-2-11/h3,5,7,10-11H,1-2,4,6,8H2,(H2,14,15)(H,16,18). The first-order valence-electron chi connectivity index (χ1n) is 6.49. The second kappa shape index (κ2) is 4.57. The van der Waals surface area contributed by atoms with Gasteiger partial charge in [0.15, 0.2) is 0 Å². The van der Waals surface area contributed by atoms with Crippen molar-refractivity contribution in [3.8, 4) is 0 Å². The van der Waals surface area contributed by atoms with Gasteiger partial charge in [0.2, 0.25) is 0 Å². The number of carbonyl (C=O) groups excluding carboxylic acids is 1. The van der Waals surface area contributed by atoms with E-state index >= 15 is 0 Å². The summed E-state index contributed by atoms with van der Waals surface area (Å²) in [6.07, 6.45) is 5.25. The molecule has 0 radical (unpaired) electrons. The molecule has 2 heterocycles. The van der Waals surface area contributed by atoms with Crippen LogP contribution in [0.15, 0.2) is 18.3 Å². The van der Waals surface area contributed by atoms with Crippen molar-refractivity contribution in [3.63, 3.8) is 0 Å². The Morgan fingerprint density at radius 3 is 3.00 bits per heavy atom. The summed E-state index contributed by atoms with van der Waals surface area (Å²) in [6, 6.07) is 4.36. The minimum Gasteiger partial charge on any atom is -0.384 e. The van der Waals surface area contributed by atoms with Crippen LogP contribution in [0.1, 0.15) is 29.6 Å². The van der Waals surface area contributed by atoms with Crippen LogP contribution >= 0.6 is 0 Å². The lowest BCUT2D eigenvalue weighted by Crippen LogP contribution is -2.37. The van der Waals surface area contributed by atoms with Gasteiger partial charge in [-0.1, -0.05) is 0 Å². The minimum atomic E-state index is -0.0493. The molecule has 1 aromatic rings. The zero-order valence-corrected chi connectivity index (χ0v) is 10.3. The molecule has 1 aromatic heterocycles. The maximum Gasteiger partial charge on any atom is 0.251 e. The first-order chi connectivity index (χ1) is 8.72. The lowest BCUT2D eigenvalue weighted by Gasteiger charge is -2.15. The Hall–Kier alpha value is -1.62. The third-order valence-electron chi connectivity index (χ3n) is 3.66. The van der Waals surface area contributed by atoms with Crippen LogP contribution in [0.2, 0.25) is 0 Å². The van der Waals surface area contributed by atoms with Crippen LogP contribution in [-0.2, 0) is 0 Å². The monoisotopic (exact) mass is 246 g/mol. The highest BCUT2D eigenvalue weighted by Crippen LogP contribution is 2.29. The summed E-state index contributed by atoms with van der Waals surface area (Å²) in [5.74, 6) is 0.334. The van der Waals surface area contributed by atoms with Gasteiger partial charge in [0.25, 0.3) is 5.91 Å². The van der Waals surface area contributed by atoms with E-state index < -0.39 is 0 Å². The van der Waals surface area contributed by atoms with Crippen LogP contribution in [0.4, 0.5) is 5.82 Å². The van der Waals surface area contributed by atoms with E-state index in [1.54, 1.807) is 18.3 Å². The zero-order chi connectivity index (χ0) is 12.5. The van der Waals surface area contributed by atoms with Crippen molar-refractivity contribution in [1.82, 2.24) is 15.2 Å². The fourth-order valence-corrected chi connectivity index (χ4v) is 2.53. The molecule has 5 nitrogen and oxygen atoms in total. The number of amides is 1. The van der Waals surface area contributed by atoms with Gasteiger partial charge in [-0.25, -0.2) is 4.98 Å². The number of hydrogen-bond acceptors (Lipinski definition) is 4. The molecule has 0 aromatic carbocycles. The molecule has 0 bridgehead atoms. The number of nitrogens with one attached hydrogen (secondary N) is 1. The Labute approximate surface area is 106 Å². The van der Waals surface area contributed by atoms with E-state index in [4.69, 9.17) is 5.73 Å². The van der Waals surface area contributed by atoms with Crippen molar-refractivity contribution in [2.75, 3.05) is 18.8 Å². The molecule has 1 atom stereocenters. The highest BCUT2D eigenvalue weighted by atomic mass is 16.1. The van der Waals surface area contributed by atoms with E-state index in [9.17, 15) is 4.79 Å². The fourth-order valence-electron chi connectivity index (χ4n) is 2.53. The predicted molar refractivity (Wildman–Crippen MR) is 69.1 cm³/mol. The zero-order valence-electron chi connectivity index (χ0n) is 10.3. The maximum absolute atomic E-state index is 12.0. The lowest BCUT2D eigenvalue weighted by molar-refractivity contribution is 0.0937. The van der Waals surface area contributed by atoms with E-state index in [1.165, 1.54) is 12.8 Å². The summed E-state index contributed by atoms with van der Waals surface area (Å²) < 4.78 is 0. The van der Waals surface area contributed by atoms with Crippen LogP contribution in [0, 0.1) is 0 Å². The van der Waals surface area contributed by atoms with Gasteiger partial charge >= 0.3 is 0 Å². The fraction of sp³-hybridized carbons (Fsp3) is 0.538. The minimum absolute atomic E-state index is 0.0493. The van der Waals surface area contributed by atoms with Gasteiger partial charge in [0.1, 0.15) is 5.82 Å². The van der Waals surface area contributed by atoms with Gasteiger partial charge < -0.3 is 11.1 Å². The highest BCUT2D eigenvalue weighted by molar-refractivity contribution is 5.94. The highest BCUT2D eigenvalue weighted by Gasteiger charge is 2.34. The SMILES string of the molecule is Nc1cc(C(=O)NC2CCN(C3CC3)C2)ccn1. The van der Waals surface area contributed by atoms with Crippen molar-refractivity contribution < 1.29 is 4.79 Å². The second-order valence-corrected chi connectivity index (χ2v) is 5.15. The molecule has 2 aliphatic rings. The molecule has 2 fully saturated rings. The summed E-state index contributed by atoms with van der Waals surface area (Å²) in [6.45, 7) is 2.09. The van der Waals surface area contributed by atoms with Crippen LogP contribution in [-0.4, -0.2) is 41.0 Å². The molecule has 5 heteroatoms. The van der Waals surface area contributed by atoms with Crippen molar-refractivity contribution in [3.05, 3.63) is 23.9 Å². The molecule has 1 unspecified atom stereocenters. The van der Waals surface area contributed by atoms with Gasteiger partial charge in [0, 0.05) is 36.9 Å². The number of nitrogens with zero attached hydrogens (tertiary/aromatic N) is 2. The van der Waals surface area contributed by atoms with Crippen molar-refractivity contribution in [1.29, 1.82) is 0 Å². The van der Waals surface area contributed by atoms with Crippen LogP contribution in [0.25, 0.3) is 0 Å². The van der Waals surface area contributed by atoms with E-state index in [0.717, 1.165) is 25.6 Å². The molecule has 1 amide bonds. The smallest absolute Gasteiger partial charge is 0.251 e. The molecule has 1 saturated heterocycles. The number of nitrogen functional groups attached to an aromatic ring is 1. The molecule has 0 spiro atoms. The Kier molecular flexibility index (Phi) is 2.91. The van der Waals surface area contributed by atoms with Crippen LogP contribution in [0.5, 0.6) is 0 Å². The molecule has 18 heavy (non-hydrogen) atoms. The van der Waals surface area contributed by atoms with E-state index in [2.05, 4.69) is 15.2 Å². The van der Waals surface area contributed by atoms with E-state index in [0.29, 0.717) is 11.4 Å². The molecule has 96 valence electrons. The average molecular weight is 246 g/mol. The van der Waals surface area contributed by atoms with Crippen molar-refractivity contribution in [2.45, 2.75) is 31.3 Å². The van der Waals surface area contributed by atoms with Gasteiger partial charge in [-0.2, -0.15) is 0 Å². The van der Waals surface area contributed by atoms with Gasteiger partial charge in [-0.15, -0.1) is 0 Å². The second-order valence-electron chi connectivity index (χ2n) is 5.15. The van der Waals surface area contributed by atoms with Gasteiger partial charge in [0.05, 0.1) is 0 Å². The number of nitrogens with two attached hydrogens (primary N) is 1. The van der Waals surface area contributed by atoms with E-state index in [-0.39, 0.29) is 11.9 Å². The number of aromatic nitrogens is 1. The molecule has 1 aliphatic heterocycles. The van der Waals surface area contributed by atoms with Crippen molar-refractivity contribution in [2.24, 2.45) is 0 Å². The van der Waals surface area contributed by atoms with Crippen LogP contribution in [0.3, 0.4) is 0 Å². The summed E-state index contributed by atoms with van der Waals surface area (Å²) in [5.41, 5.74) is 6.17.